The number of hydrogen-bond donors (Lipinski definition) is 1. The number of carbonyl (C=O) groups is 1. The number of aliphatic carboxylic acids is 1. The van der Waals surface area contributed by atoms with Crippen molar-refractivity contribution in [3.63, 3.8) is 0 Å². The Morgan fingerprint density at radius 2 is 2.27 bits per heavy atom. The van der Waals surface area contributed by atoms with Crippen LogP contribution in [0.15, 0.2) is 12.1 Å². The second-order valence-corrected chi connectivity index (χ2v) is 4.34. The van der Waals surface area contributed by atoms with Crippen LogP contribution in [0, 0.1) is 6.92 Å². The molecule has 0 aliphatic heterocycles. The number of nitrogens with zero attached hydrogens (tertiary/aromatic N) is 2. The van der Waals surface area contributed by atoms with Crippen molar-refractivity contribution in [2.45, 2.75) is 19.8 Å². The maximum atomic E-state index is 10.4. The number of aromatic nitrogens is 2. The molecule has 2 heterocycles. The molecule has 0 saturated heterocycles. The minimum Gasteiger partial charge on any atom is -0.481 e. The number of hydrogen-bond acceptors (Lipinski definition) is 4. The van der Waals surface area contributed by atoms with Crippen molar-refractivity contribution in [3.8, 4) is 0 Å². The quantitative estimate of drug-likeness (QED) is 0.862. The third kappa shape index (κ3) is 2.30. The lowest BCUT2D eigenvalue weighted by molar-refractivity contribution is -0.136. The Morgan fingerprint density at radius 3 is 3.00 bits per heavy atom. The topological polar surface area (TPSA) is 63.1 Å². The van der Waals surface area contributed by atoms with E-state index in [2.05, 4.69) is 9.97 Å². The summed E-state index contributed by atoms with van der Waals surface area (Å²) in [5, 5.41) is 9.39. The van der Waals surface area contributed by atoms with E-state index in [4.69, 9.17) is 5.11 Å². The predicted molar refractivity (Wildman–Crippen MR) is 58.1 cm³/mol. The van der Waals surface area contributed by atoms with Crippen molar-refractivity contribution in [3.05, 3.63) is 22.8 Å². The van der Waals surface area contributed by atoms with Gasteiger partial charge in [-0.1, -0.05) is 11.3 Å². The van der Waals surface area contributed by atoms with Crippen LogP contribution >= 0.6 is 11.3 Å². The highest BCUT2D eigenvalue weighted by Gasteiger charge is 2.06. The Morgan fingerprint density at radius 1 is 1.47 bits per heavy atom. The van der Waals surface area contributed by atoms with Crippen molar-refractivity contribution < 1.29 is 9.90 Å². The smallest absolute Gasteiger partial charge is 0.303 e. The predicted octanol–water partition coefficient (Wildman–Crippen LogP) is 2.02. The largest absolute Gasteiger partial charge is 0.481 e. The molecule has 0 bridgehead atoms. The van der Waals surface area contributed by atoms with Crippen LogP contribution < -0.4 is 0 Å². The fraction of sp³-hybridized carbons (Fsp3) is 0.300. The highest BCUT2D eigenvalue weighted by atomic mass is 32.1. The Balaban J connectivity index is 2.27. The Bertz CT molecular complexity index is 507. The lowest BCUT2D eigenvalue weighted by Gasteiger charge is -1.88. The second-order valence-electron chi connectivity index (χ2n) is 3.28. The molecule has 0 unspecified atom stereocenters. The minimum absolute atomic E-state index is 0.124. The molecule has 4 nitrogen and oxygen atoms in total. The number of aryl methyl sites for hydroxylation is 2. The van der Waals surface area contributed by atoms with Gasteiger partial charge in [-0.15, -0.1) is 0 Å². The van der Waals surface area contributed by atoms with Crippen molar-refractivity contribution in [2.24, 2.45) is 0 Å². The third-order valence-electron chi connectivity index (χ3n) is 1.99. The monoisotopic (exact) mass is 222 g/mol. The molecular weight excluding hydrogens is 212 g/mol. The summed E-state index contributed by atoms with van der Waals surface area (Å²) in [4.78, 5) is 19.9. The van der Waals surface area contributed by atoms with E-state index in [9.17, 15) is 4.79 Å². The number of carboxylic acids is 1. The molecule has 0 radical (unpaired) electrons. The van der Waals surface area contributed by atoms with E-state index in [-0.39, 0.29) is 6.42 Å². The van der Waals surface area contributed by atoms with Gasteiger partial charge in [0.15, 0.2) is 0 Å². The van der Waals surface area contributed by atoms with Crippen molar-refractivity contribution in [2.75, 3.05) is 0 Å². The van der Waals surface area contributed by atoms with Gasteiger partial charge in [0.05, 0.1) is 11.4 Å². The van der Waals surface area contributed by atoms with Gasteiger partial charge < -0.3 is 5.11 Å². The van der Waals surface area contributed by atoms with Crippen LogP contribution in [0.4, 0.5) is 0 Å². The molecule has 1 N–H and O–H groups in total. The molecule has 0 atom stereocenters. The minimum atomic E-state index is -0.793. The zero-order chi connectivity index (χ0) is 10.8. The van der Waals surface area contributed by atoms with E-state index < -0.39 is 5.97 Å². The van der Waals surface area contributed by atoms with Gasteiger partial charge in [0, 0.05) is 12.1 Å². The molecule has 0 aliphatic rings. The van der Waals surface area contributed by atoms with Crippen molar-refractivity contribution >= 4 is 27.7 Å². The first-order chi connectivity index (χ1) is 7.15. The molecule has 0 spiro atoms. The highest BCUT2D eigenvalue weighted by Crippen LogP contribution is 2.21. The summed E-state index contributed by atoms with van der Waals surface area (Å²) < 4.78 is 0. The summed E-state index contributed by atoms with van der Waals surface area (Å²) in [5.41, 5.74) is 1.81. The molecule has 0 aliphatic carbocycles. The number of pyridine rings is 1. The Hall–Kier alpha value is -1.49. The van der Waals surface area contributed by atoms with Gasteiger partial charge in [-0.05, 0) is 19.1 Å². The molecule has 0 amide bonds. The summed E-state index contributed by atoms with van der Waals surface area (Å²) in [7, 11) is 0. The van der Waals surface area contributed by atoms with Gasteiger partial charge >= 0.3 is 5.97 Å². The first-order valence-corrected chi connectivity index (χ1v) is 5.41. The van der Waals surface area contributed by atoms with Gasteiger partial charge in [-0.2, -0.15) is 0 Å². The maximum absolute atomic E-state index is 10.4. The first kappa shape index (κ1) is 10.0. The second kappa shape index (κ2) is 3.94. The van der Waals surface area contributed by atoms with Crippen LogP contribution in [0.5, 0.6) is 0 Å². The summed E-state index contributed by atoms with van der Waals surface area (Å²) in [5.74, 6) is -0.793. The molecule has 0 fully saturated rings. The Kier molecular flexibility index (Phi) is 2.64. The number of carboxylic acid groups (broad SMARTS) is 1. The van der Waals surface area contributed by atoms with Crippen LogP contribution in [0.3, 0.4) is 0 Å². The summed E-state index contributed by atoms with van der Waals surface area (Å²) in [6, 6.07) is 3.82. The van der Waals surface area contributed by atoms with Crippen LogP contribution in [0.25, 0.3) is 10.3 Å². The standard InChI is InChI=1S/C10H10N2O2S/c1-6-2-3-7-10(11-6)15-8(12-7)4-5-9(13)14/h2-3H,4-5H2,1H3,(H,13,14). The van der Waals surface area contributed by atoms with Gasteiger partial charge in [-0.3, -0.25) is 4.79 Å². The molecule has 0 aromatic carbocycles. The normalized spacial score (nSPS) is 10.7. The molecular formula is C10H10N2O2S. The average molecular weight is 222 g/mol. The zero-order valence-electron chi connectivity index (χ0n) is 8.23. The summed E-state index contributed by atoms with van der Waals surface area (Å²) in [6.45, 7) is 1.93. The highest BCUT2D eigenvalue weighted by molar-refractivity contribution is 7.18. The Labute approximate surface area is 90.6 Å². The molecule has 78 valence electrons. The fourth-order valence-corrected chi connectivity index (χ4v) is 2.25. The summed E-state index contributed by atoms with van der Waals surface area (Å²) in [6.07, 6.45) is 0.605. The van der Waals surface area contributed by atoms with Gasteiger partial charge in [0.2, 0.25) is 0 Å². The van der Waals surface area contributed by atoms with Crippen LogP contribution in [0.1, 0.15) is 17.1 Å². The van der Waals surface area contributed by atoms with E-state index >= 15 is 0 Å². The van der Waals surface area contributed by atoms with Gasteiger partial charge in [0.1, 0.15) is 10.3 Å². The van der Waals surface area contributed by atoms with Crippen LogP contribution in [-0.2, 0) is 11.2 Å². The number of rotatable bonds is 3. The van der Waals surface area contributed by atoms with E-state index in [0.717, 1.165) is 21.0 Å². The summed E-state index contributed by atoms with van der Waals surface area (Å²) >= 11 is 1.47. The van der Waals surface area contributed by atoms with Gasteiger partial charge in [-0.25, -0.2) is 9.97 Å². The number of fused-ring (bicyclic) bond motifs is 1. The van der Waals surface area contributed by atoms with Crippen LogP contribution in [-0.4, -0.2) is 21.0 Å². The maximum Gasteiger partial charge on any atom is 0.303 e. The fourth-order valence-electron chi connectivity index (χ4n) is 1.28. The van der Waals surface area contributed by atoms with E-state index in [1.165, 1.54) is 11.3 Å². The molecule has 2 aromatic rings. The zero-order valence-corrected chi connectivity index (χ0v) is 9.04. The van der Waals surface area contributed by atoms with Gasteiger partial charge in [0.25, 0.3) is 0 Å². The van der Waals surface area contributed by atoms with E-state index in [1.54, 1.807) is 0 Å². The molecule has 5 heteroatoms. The third-order valence-corrected chi connectivity index (χ3v) is 3.02. The van der Waals surface area contributed by atoms with E-state index in [1.807, 2.05) is 19.1 Å². The first-order valence-electron chi connectivity index (χ1n) is 4.60. The van der Waals surface area contributed by atoms with Crippen molar-refractivity contribution in [1.82, 2.24) is 9.97 Å². The lowest BCUT2D eigenvalue weighted by atomic mass is 10.3. The van der Waals surface area contributed by atoms with Crippen molar-refractivity contribution in [1.29, 1.82) is 0 Å². The van der Waals surface area contributed by atoms with Crippen LogP contribution in [0.2, 0.25) is 0 Å². The average Bonchev–Trinajstić information content (AvgIpc) is 2.56. The molecule has 2 aromatic heterocycles. The SMILES string of the molecule is Cc1ccc2nc(CCC(=O)O)sc2n1. The lowest BCUT2D eigenvalue weighted by Crippen LogP contribution is -1.96. The van der Waals surface area contributed by atoms with E-state index in [0.29, 0.717) is 6.42 Å². The number of thiazole rings is 1. The molecule has 2 rings (SSSR count). The molecule has 15 heavy (non-hydrogen) atoms. The molecule has 0 saturated carbocycles.